The van der Waals surface area contributed by atoms with E-state index in [0.717, 1.165) is 17.1 Å². The molecule has 1 aromatic heterocycles. The van der Waals surface area contributed by atoms with E-state index in [-0.39, 0.29) is 23.6 Å². The predicted molar refractivity (Wildman–Crippen MR) is 76.2 cm³/mol. The van der Waals surface area contributed by atoms with Gasteiger partial charge in [0, 0.05) is 18.2 Å². The van der Waals surface area contributed by atoms with Crippen molar-refractivity contribution in [2.24, 2.45) is 0 Å². The van der Waals surface area contributed by atoms with Crippen LogP contribution in [0.2, 0.25) is 0 Å². The highest BCUT2D eigenvalue weighted by molar-refractivity contribution is 7.80. The lowest BCUT2D eigenvalue weighted by Crippen LogP contribution is -2.47. The molecule has 0 aromatic carbocycles. The molecule has 0 bridgehead atoms. The first-order chi connectivity index (χ1) is 8.85. The molecule has 2 unspecified atom stereocenters. The van der Waals surface area contributed by atoms with E-state index in [1.54, 1.807) is 0 Å². The molecule has 2 N–H and O–H groups in total. The molecule has 106 valence electrons. The number of furan rings is 1. The van der Waals surface area contributed by atoms with E-state index < -0.39 is 6.04 Å². The zero-order valence-electron chi connectivity index (χ0n) is 11.6. The van der Waals surface area contributed by atoms with Gasteiger partial charge < -0.3 is 15.1 Å². The normalized spacial score (nSPS) is 13.7. The molecule has 0 saturated heterocycles. The minimum Gasteiger partial charge on any atom is -0.466 e. The summed E-state index contributed by atoms with van der Waals surface area (Å²) in [5.74, 6) is 1.34. The molecule has 1 aromatic rings. The Balaban J connectivity index is 2.70. The van der Waals surface area contributed by atoms with Crippen molar-refractivity contribution in [1.82, 2.24) is 10.6 Å². The van der Waals surface area contributed by atoms with Gasteiger partial charge in [-0.25, -0.2) is 0 Å². The summed E-state index contributed by atoms with van der Waals surface area (Å²) in [6.45, 7) is 6.96. The van der Waals surface area contributed by atoms with Gasteiger partial charge in [0.1, 0.15) is 17.6 Å². The van der Waals surface area contributed by atoms with Crippen LogP contribution in [0.15, 0.2) is 10.5 Å². The van der Waals surface area contributed by atoms with Gasteiger partial charge in [0.2, 0.25) is 11.8 Å². The van der Waals surface area contributed by atoms with Crippen molar-refractivity contribution in [2.45, 2.75) is 39.8 Å². The smallest absolute Gasteiger partial charge is 0.243 e. The molecule has 1 heterocycles. The summed E-state index contributed by atoms with van der Waals surface area (Å²) in [7, 11) is 0. The molecule has 1 rings (SSSR count). The number of thiol groups is 1. The van der Waals surface area contributed by atoms with Crippen LogP contribution >= 0.6 is 12.6 Å². The Kier molecular flexibility index (Phi) is 5.47. The molecule has 0 saturated carbocycles. The van der Waals surface area contributed by atoms with Crippen molar-refractivity contribution in [1.29, 1.82) is 0 Å². The van der Waals surface area contributed by atoms with E-state index >= 15 is 0 Å². The monoisotopic (exact) mass is 284 g/mol. The lowest BCUT2D eigenvalue weighted by molar-refractivity contribution is -0.127. The van der Waals surface area contributed by atoms with Gasteiger partial charge in [-0.15, -0.1) is 0 Å². The summed E-state index contributed by atoms with van der Waals surface area (Å²) in [4.78, 5) is 23.0. The van der Waals surface area contributed by atoms with Gasteiger partial charge >= 0.3 is 0 Å². The molecule has 0 fully saturated rings. The number of hydrogen-bond donors (Lipinski definition) is 3. The average Bonchev–Trinajstić information content (AvgIpc) is 2.64. The van der Waals surface area contributed by atoms with Crippen molar-refractivity contribution in [2.75, 3.05) is 5.75 Å². The van der Waals surface area contributed by atoms with Gasteiger partial charge in [0.25, 0.3) is 0 Å². The van der Waals surface area contributed by atoms with Crippen molar-refractivity contribution in [3.63, 3.8) is 0 Å². The molecule has 0 radical (unpaired) electrons. The second-order valence-corrected chi connectivity index (χ2v) is 4.90. The molecule has 0 aliphatic heterocycles. The summed E-state index contributed by atoms with van der Waals surface area (Å²) >= 11 is 4.07. The highest BCUT2D eigenvalue weighted by atomic mass is 32.1. The molecule has 2 atom stereocenters. The molecule has 6 heteroatoms. The number of carbonyl (C=O) groups excluding carboxylic acids is 2. The topological polar surface area (TPSA) is 71.3 Å². The third kappa shape index (κ3) is 4.31. The quantitative estimate of drug-likeness (QED) is 0.718. The van der Waals surface area contributed by atoms with Crippen LogP contribution in [0, 0.1) is 13.8 Å². The van der Waals surface area contributed by atoms with Crippen LogP contribution < -0.4 is 10.6 Å². The van der Waals surface area contributed by atoms with Crippen LogP contribution in [-0.4, -0.2) is 23.6 Å². The molecule has 0 spiro atoms. The number of aryl methyl sites for hydroxylation is 2. The van der Waals surface area contributed by atoms with Gasteiger partial charge in [0.05, 0.1) is 6.04 Å². The SMILES string of the molecule is CC(=O)NC(CS)C(=O)NC(C)c1cc(C)oc1C. The maximum Gasteiger partial charge on any atom is 0.243 e. The lowest BCUT2D eigenvalue weighted by atomic mass is 10.1. The molecule has 5 nitrogen and oxygen atoms in total. The van der Waals surface area contributed by atoms with Crippen LogP contribution in [0.3, 0.4) is 0 Å². The second-order valence-electron chi connectivity index (χ2n) is 4.53. The van der Waals surface area contributed by atoms with E-state index in [0.29, 0.717) is 0 Å². The third-order valence-electron chi connectivity index (χ3n) is 2.78. The Morgan fingerprint density at radius 3 is 2.42 bits per heavy atom. The minimum atomic E-state index is -0.628. The average molecular weight is 284 g/mol. The molecule has 19 heavy (non-hydrogen) atoms. The Bertz CT molecular complexity index is 470. The predicted octanol–water partition coefficient (Wildman–Crippen LogP) is 1.51. The first-order valence-electron chi connectivity index (χ1n) is 6.10. The number of carbonyl (C=O) groups is 2. The molecular formula is C13H20N2O3S. The fraction of sp³-hybridized carbons (Fsp3) is 0.538. The zero-order chi connectivity index (χ0) is 14.6. The summed E-state index contributed by atoms with van der Waals surface area (Å²) in [5.41, 5.74) is 0.937. The van der Waals surface area contributed by atoms with E-state index in [9.17, 15) is 9.59 Å². The van der Waals surface area contributed by atoms with Gasteiger partial charge in [-0.2, -0.15) is 12.6 Å². The molecule has 0 aliphatic rings. The molecule has 0 aliphatic carbocycles. The van der Waals surface area contributed by atoms with E-state index in [2.05, 4.69) is 23.3 Å². The number of rotatable bonds is 5. The van der Waals surface area contributed by atoms with Crippen LogP contribution in [-0.2, 0) is 9.59 Å². The van der Waals surface area contributed by atoms with Crippen LogP contribution in [0.5, 0.6) is 0 Å². The highest BCUT2D eigenvalue weighted by Crippen LogP contribution is 2.21. The largest absolute Gasteiger partial charge is 0.466 e. The first-order valence-corrected chi connectivity index (χ1v) is 6.73. The molecule has 2 amide bonds. The standard InChI is InChI=1S/C13H20N2O3S/c1-7-5-11(9(3)18-7)8(2)14-13(17)12(6-19)15-10(4)16/h5,8,12,19H,6H2,1-4H3,(H,14,17)(H,15,16). The number of hydrogen-bond acceptors (Lipinski definition) is 4. The van der Waals surface area contributed by atoms with Crippen LogP contribution in [0.1, 0.15) is 37.0 Å². The number of nitrogens with one attached hydrogen (secondary N) is 2. The maximum absolute atomic E-state index is 12.0. The summed E-state index contributed by atoms with van der Waals surface area (Å²) in [6.07, 6.45) is 0. The Morgan fingerprint density at radius 2 is 2.00 bits per heavy atom. The Morgan fingerprint density at radius 1 is 1.37 bits per heavy atom. The fourth-order valence-electron chi connectivity index (χ4n) is 1.91. The van der Waals surface area contributed by atoms with Crippen LogP contribution in [0.25, 0.3) is 0 Å². The molecular weight excluding hydrogens is 264 g/mol. The van der Waals surface area contributed by atoms with Gasteiger partial charge in [0.15, 0.2) is 0 Å². The summed E-state index contributed by atoms with van der Waals surface area (Å²) < 4.78 is 5.43. The minimum absolute atomic E-state index is 0.180. The maximum atomic E-state index is 12.0. The zero-order valence-corrected chi connectivity index (χ0v) is 12.5. The summed E-state index contributed by atoms with van der Waals surface area (Å²) in [6, 6.07) is 1.09. The fourth-order valence-corrected chi connectivity index (χ4v) is 2.17. The lowest BCUT2D eigenvalue weighted by Gasteiger charge is -2.19. The van der Waals surface area contributed by atoms with E-state index in [1.165, 1.54) is 6.92 Å². The van der Waals surface area contributed by atoms with Gasteiger partial charge in [-0.1, -0.05) is 0 Å². The van der Waals surface area contributed by atoms with E-state index in [1.807, 2.05) is 26.8 Å². The Hall–Kier alpha value is -1.43. The van der Waals surface area contributed by atoms with Gasteiger partial charge in [-0.3, -0.25) is 9.59 Å². The van der Waals surface area contributed by atoms with Crippen molar-refractivity contribution in [3.8, 4) is 0 Å². The highest BCUT2D eigenvalue weighted by Gasteiger charge is 2.21. The van der Waals surface area contributed by atoms with Crippen LogP contribution in [0.4, 0.5) is 0 Å². The van der Waals surface area contributed by atoms with Crippen molar-refractivity contribution >= 4 is 24.4 Å². The van der Waals surface area contributed by atoms with Gasteiger partial charge in [-0.05, 0) is 26.8 Å². The number of amides is 2. The van der Waals surface area contributed by atoms with E-state index in [4.69, 9.17) is 4.42 Å². The third-order valence-corrected chi connectivity index (χ3v) is 3.15. The first kappa shape index (κ1) is 15.6. The summed E-state index contributed by atoms with van der Waals surface area (Å²) in [5, 5.41) is 5.40. The van der Waals surface area contributed by atoms with Crippen molar-refractivity contribution < 1.29 is 14.0 Å². The van der Waals surface area contributed by atoms with Crippen molar-refractivity contribution in [3.05, 3.63) is 23.2 Å². The Labute approximate surface area is 118 Å². The second kappa shape index (κ2) is 6.65.